The number of amides is 2. The molecule has 0 spiro atoms. The second kappa shape index (κ2) is 7.87. The SMILES string of the molecule is COc1ccccc1C1CCCN1C(=O)CN1CCC(C(N)=O)CC1. The highest BCUT2D eigenvalue weighted by molar-refractivity contribution is 5.79. The molecule has 2 fully saturated rings. The highest BCUT2D eigenvalue weighted by Gasteiger charge is 2.33. The summed E-state index contributed by atoms with van der Waals surface area (Å²) in [5, 5.41) is 0. The number of nitrogens with zero attached hydrogens (tertiary/aromatic N) is 2. The van der Waals surface area contributed by atoms with E-state index >= 15 is 0 Å². The van der Waals surface area contributed by atoms with Gasteiger partial charge in [0.2, 0.25) is 11.8 Å². The van der Waals surface area contributed by atoms with Crippen molar-refractivity contribution in [2.75, 3.05) is 33.3 Å². The second-order valence-corrected chi connectivity index (χ2v) is 6.94. The van der Waals surface area contributed by atoms with Gasteiger partial charge in [-0.3, -0.25) is 14.5 Å². The molecular weight excluding hydrogens is 318 g/mol. The molecule has 1 atom stereocenters. The molecule has 3 rings (SSSR count). The Morgan fingerprint density at radius 3 is 2.56 bits per heavy atom. The highest BCUT2D eigenvalue weighted by atomic mass is 16.5. The first kappa shape index (κ1) is 17.7. The van der Waals surface area contributed by atoms with Crippen molar-refractivity contribution in [1.82, 2.24) is 9.80 Å². The van der Waals surface area contributed by atoms with E-state index in [2.05, 4.69) is 4.90 Å². The standard InChI is InChI=1S/C19H27N3O3/c1-25-17-7-3-2-5-15(17)16-6-4-10-22(16)18(23)13-21-11-8-14(9-12-21)19(20)24/h2-3,5,7,14,16H,4,6,8-13H2,1H3,(H2,20,24). The van der Waals surface area contributed by atoms with Gasteiger partial charge in [0.05, 0.1) is 19.7 Å². The Labute approximate surface area is 148 Å². The molecule has 2 amide bonds. The first-order valence-corrected chi connectivity index (χ1v) is 9.04. The lowest BCUT2D eigenvalue weighted by atomic mass is 9.96. The minimum atomic E-state index is -0.221. The van der Waals surface area contributed by atoms with Crippen LogP contribution in [0.5, 0.6) is 5.75 Å². The summed E-state index contributed by atoms with van der Waals surface area (Å²) in [6.45, 7) is 2.72. The van der Waals surface area contributed by atoms with Gasteiger partial charge < -0.3 is 15.4 Å². The molecule has 2 saturated heterocycles. The zero-order chi connectivity index (χ0) is 17.8. The summed E-state index contributed by atoms with van der Waals surface area (Å²) in [6.07, 6.45) is 3.48. The van der Waals surface area contributed by atoms with E-state index in [1.807, 2.05) is 29.2 Å². The molecule has 6 heteroatoms. The molecule has 2 N–H and O–H groups in total. The number of hydrogen-bond acceptors (Lipinski definition) is 4. The van der Waals surface area contributed by atoms with E-state index < -0.39 is 0 Å². The number of likely N-dealkylation sites (tertiary alicyclic amines) is 2. The lowest BCUT2D eigenvalue weighted by molar-refractivity contribution is -0.133. The number of carbonyl (C=O) groups is 2. The summed E-state index contributed by atoms with van der Waals surface area (Å²) in [7, 11) is 1.67. The van der Waals surface area contributed by atoms with Crippen LogP contribution in [0.3, 0.4) is 0 Å². The van der Waals surface area contributed by atoms with Crippen molar-refractivity contribution in [2.45, 2.75) is 31.7 Å². The van der Waals surface area contributed by atoms with Crippen LogP contribution < -0.4 is 10.5 Å². The van der Waals surface area contributed by atoms with Gasteiger partial charge in [-0.05, 0) is 44.8 Å². The number of benzene rings is 1. The van der Waals surface area contributed by atoms with Crippen LogP contribution in [0.4, 0.5) is 0 Å². The van der Waals surface area contributed by atoms with Gasteiger partial charge in [0.25, 0.3) is 0 Å². The van der Waals surface area contributed by atoms with E-state index in [1.165, 1.54) is 0 Å². The first-order valence-electron chi connectivity index (χ1n) is 9.04. The average Bonchev–Trinajstić information content (AvgIpc) is 3.11. The Balaban J connectivity index is 1.63. The maximum absolute atomic E-state index is 12.9. The molecule has 1 unspecified atom stereocenters. The van der Waals surface area contributed by atoms with Crippen molar-refractivity contribution >= 4 is 11.8 Å². The summed E-state index contributed by atoms with van der Waals surface area (Å²) < 4.78 is 5.48. The lowest BCUT2D eigenvalue weighted by Gasteiger charge is -2.33. The number of primary amides is 1. The molecule has 0 bridgehead atoms. The van der Waals surface area contributed by atoms with Crippen LogP contribution in [0.25, 0.3) is 0 Å². The highest BCUT2D eigenvalue weighted by Crippen LogP contribution is 2.37. The summed E-state index contributed by atoms with van der Waals surface area (Å²) >= 11 is 0. The number of ether oxygens (including phenoxy) is 1. The number of piperidine rings is 1. The van der Waals surface area contributed by atoms with Crippen LogP contribution in [0, 0.1) is 5.92 Å². The number of methoxy groups -OCH3 is 1. The van der Waals surface area contributed by atoms with Crippen LogP contribution in [-0.2, 0) is 9.59 Å². The fraction of sp³-hybridized carbons (Fsp3) is 0.579. The Bertz CT molecular complexity index is 626. The normalized spacial score (nSPS) is 22.1. The van der Waals surface area contributed by atoms with Crippen LogP contribution in [0.15, 0.2) is 24.3 Å². The minimum absolute atomic E-state index is 0.0422. The molecule has 1 aromatic carbocycles. The van der Waals surface area contributed by atoms with E-state index in [-0.39, 0.29) is 23.8 Å². The van der Waals surface area contributed by atoms with E-state index in [0.29, 0.717) is 6.54 Å². The largest absolute Gasteiger partial charge is 0.496 e. The van der Waals surface area contributed by atoms with E-state index in [9.17, 15) is 9.59 Å². The van der Waals surface area contributed by atoms with Gasteiger partial charge >= 0.3 is 0 Å². The molecule has 6 nitrogen and oxygen atoms in total. The van der Waals surface area contributed by atoms with Crippen molar-refractivity contribution in [3.8, 4) is 5.75 Å². The van der Waals surface area contributed by atoms with Crippen molar-refractivity contribution in [3.05, 3.63) is 29.8 Å². The second-order valence-electron chi connectivity index (χ2n) is 6.94. The Morgan fingerprint density at radius 2 is 1.88 bits per heavy atom. The van der Waals surface area contributed by atoms with Gasteiger partial charge in [-0.25, -0.2) is 0 Å². The van der Waals surface area contributed by atoms with Crippen LogP contribution in [0.1, 0.15) is 37.3 Å². The van der Waals surface area contributed by atoms with Crippen LogP contribution in [-0.4, -0.2) is 54.9 Å². The fourth-order valence-electron chi connectivity index (χ4n) is 3.99. The Kier molecular flexibility index (Phi) is 5.58. The van der Waals surface area contributed by atoms with Gasteiger partial charge in [0.1, 0.15) is 5.75 Å². The number of hydrogen-bond donors (Lipinski definition) is 1. The van der Waals surface area contributed by atoms with Crippen molar-refractivity contribution in [3.63, 3.8) is 0 Å². The number of carbonyl (C=O) groups excluding carboxylic acids is 2. The quantitative estimate of drug-likeness (QED) is 0.879. The van der Waals surface area contributed by atoms with Crippen LogP contribution in [0.2, 0.25) is 0 Å². The predicted octanol–water partition coefficient (Wildman–Crippen LogP) is 1.56. The molecule has 0 saturated carbocycles. The van der Waals surface area contributed by atoms with Gasteiger partial charge in [-0.1, -0.05) is 18.2 Å². The number of rotatable bonds is 5. The maximum atomic E-state index is 12.9. The molecule has 0 radical (unpaired) electrons. The van der Waals surface area contributed by atoms with E-state index in [4.69, 9.17) is 10.5 Å². The third-order valence-corrected chi connectivity index (χ3v) is 5.42. The third-order valence-electron chi connectivity index (χ3n) is 5.42. The van der Waals surface area contributed by atoms with Gasteiger partial charge in [0, 0.05) is 18.0 Å². The van der Waals surface area contributed by atoms with Crippen molar-refractivity contribution < 1.29 is 14.3 Å². The summed E-state index contributed by atoms with van der Waals surface area (Å²) in [4.78, 5) is 28.3. The molecule has 136 valence electrons. The Morgan fingerprint density at radius 1 is 1.16 bits per heavy atom. The fourth-order valence-corrected chi connectivity index (χ4v) is 3.99. The zero-order valence-corrected chi connectivity index (χ0v) is 14.8. The molecule has 2 aliphatic heterocycles. The number of para-hydroxylation sites is 1. The van der Waals surface area contributed by atoms with Crippen molar-refractivity contribution in [2.24, 2.45) is 11.7 Å². The number of nitrogens with two attached hydrogens (primary N) is 1. The molecule has 2 aliphatic rings. The zero-order valence-electron chi connectivity index (χ0n) is 14.8. The molecule has 0 aliphatic carbocycles. The van der Waals surface area contributed by atoms with Crippen LogP contribution >= 0.6 is 0 Å². The van der Waals surface area contributed by atoms with Gasteiger partial charge in [-0.15, -0.1) is 0 Å². The summed E-state index contributed by atoms with van der Waals surface area (Å²) in [5.41, 5.74) is 6.47. The molecule has 1 aromatic rings. The predicted molar refractivity (Wildman–Crippen MR) is 95.0 cm³/mol. The summed E-state index contributed by atoms with van der Waals surface area (Å²) in [5.74, 6) is 0.738. The topological polar surface area (TPSA) is 75.9 Å². The molecular formula is C19H27N3O3. The monoisotopic (exact) mass is 345 g/mol. The molecule has 25 heavy (non-hydrogen) atoms. The minimum Gasteiger partial charge on any atom is -0.496 e. The summed E-state index contributed by atoms with van der Waals surface area (Å²) in [6, 6.07) is 8.03. The molecule has 0 aromatic heterocycles. The van der Waals surface area contributed by atoms with E-state index in [1.54, 1.807) is 7.11 Å². The first-order chi connectivity index (χ1) is 12.1. The van der Waals surface area contributed by atoms with Gasteiger partial charge in [-0.2, -0.15) is 0 Å². The average molecular weight is 345 g/mol. The smallest absolute Gasteiger partial charge is 0.237 e. The lowest BCUT2D eigenvalue weighted by Crippen LogP contribution is -2.44. The Hall–Kier alpha value is -2.08. The van der Waals surface area contributed by atoms with Gasteiger partial charge in [0.15, 0.2) is 0 Å². The van der Waals surface area contributed by atoms with Crippen molar-refractivity contribution in [1.29, 1.82) is 0 Å². The third kappa shape index (κ3) is 3.95. The van der Waals surface area contributed by atoms with E-state index in [0.717, 1.165) is 56.6 Å². The molecule has 2 heterocycles. The maximum Gasteiger partial charge on any atom is 0.237 e.